The standard InChI is InChI=1S/C19H28N6O2/c1-22-6-14-9-25(10-15(14)7-22)18-5-13-8-24(4-3-17(13)20-21-18)12-16-11-23(2)19(26)27-16/h5,14-16H,3-4,6-12H2,1-2H3/t14-,15+,16?. The summed E-state index contributed by atoms with van der Waals surface area (Å²) >= 11 is 0. The van der Waals surface area contributed by atoms with Crippen LogP contribution in [0.15, 0.2) is 6.07 Å². The van der Waals surface area contributed by atoms with Crippen LogP contribution >= 0.6 is 0 Å². The molecule has 1 amide bonds. The topological polar surface area (TPSA) is 65.0 Å². The average Bonchev–Trinajstić information content (AvgIpc) is 3.27. The van der Waals surface area contributed by atoms with Crippen LogP contribution < -0.4 is 4.90 Å². The van der Waals surface area contributed by atoms with Gasteiger partial charge < -0.3 is 19.4 Å². The number of hydrogen-bond donors (Lipinski definition) is 0. The van der Waals surface area contributed by atoms with Gasteiger partial charge in [-0.25, -0.2) is 4.79 Å². The molecule has 3 fully saturated rings. The first kappa shape index (κ1) is 17.2. The first-order chi connectivity index (χ1) is 13.0. The molecular weight excluding hydrogens is 344 g/mol. The van der Waals surface area contributed by atoms with Crippen molar-refractivity contribution in [1.29, 1.82) is 0 Å². The van der Waals surface area contributed by atoms with Gasteiger partial charge in [-0.1, -0.05) is 0 Å². The van der Waals surface area contributed by atoms with Crippen molar-refractivity contribution < 1.29 is 9.53 Å². The van der Waals surface area contributed by atoms with Gasteiger partial charge in [0, 0.05) is 59.3 Å². The van der Waals surface area contributed by atoms with Crippen LogP contribution in [0.25, 0.3) is 0 Å². The number of likely N-dealkylation sites (tertiary alicyclic amines) is 1. The molecule has 0 N–H and O–H groups in total. The molecule has 8 nitrogen and oxygen atoms in total. The number of hydrogen-bond acceptors (Lipinski definition) is 7. The van der Waals surface area contributed by atoms with Gasteiger partial charge in [0.15, 0.2) is 5.82 Å². The number of fused-ring (bicyclic) bond motifs is 2. The van der Waals surface area contributed by atoms with Gasteiger partial charge in [-0.3, -0.25) is 4.90 Å². The van der Waals surface area contributed by atoms with Crippen LogP contribution in [-0.4, -0.2) is 97.0 Å². The highest BCUT2D eigenvalue weighted by Crippen LogP contribution is 2.33. The molecule has 0 aliphatic carbocycles. The molecule has 0 bridgehead atoms. The first-order valence-electron chi connectivity index (χ1n) is 9.98. The predicted octanol–water partition coefficient (Wildman–Crippen LogP) is 0.283. The van der Waals surface area contributed by atoms with Gasteiger partial charge in [-0.05, 0) is 30.5 Å². The van der Waals surface area contributed by atoms with E-state index in [2.05, 4.69) is 38.0 Å². The minimum atomic E-state index is -0.212. The third-order valence-corrected chi connectivity index (χ3v) is 6.52. The quantitative estimate of drug-likeness (QED) is 0.755. The van der Waals surface area contributed by atoms with Crippen LogP contribution in [0.4, 0.5) is 10.6 Å². The van der Waals surface area contributed by atoms with Crippen molar-refractivity contribution in [3.05, 3.63) is 17.3 Å². The van der Waals surface area contributed by atoms with E-state index in [0.717, 1.165) is 62.5 Å². The zero-order valence-electron chi connectivity index (χ0n) is 16.2. The number of aromatic nitrogens is 2. The molecule has 1 aromatic heterocycles. The molecule has 3 saturated heterocycles. The summed E-state index contributed by atoms with van der Waals surface area (Å²) in [6.07, 6.45) is 0.666. The van der Waals surface area contributed by atoms with Crippen molar-refractivity contribution in [3.8, 4) is 0 Å². The van der Waals surface area contributed by atoms with Crippen molar-refractivity contribution in [1.82, 2.24) is 24.9 Å². The Balaban J connectivity index is 1.25. The number of amides is 1. The monoisotopic (exact) mass is 372 g/mol. The Kier molecular flexibility index (Phi) is 4.20. The van der Waals surface area contributed by atoms with Gasteiger partial charge >= 0.3 is 6.09 Å². The molecule has 27 heavy (non-hydrogen) atoms. The maximum Gasteiger partial charge on any atom is 0.410 e. The Hall–Kier alpha value is -1.93. The molecule has 5 heterocycles. The summed E-state index contributed by atoms with van der Waals surface area (Å²) in [4.78, 5) is 20.5. The Morgan fingerprint density at radius 3 is 2.59 bits per heavy atom. The van der Waals surface area contributed by atoms with Crippen LogP contribution in [-0.2, 0) is 17.7 Å². The molecule has 3 atom stereocenters. The lowest BCUT2D eigenvalue weighted by Crippen LogP contribution is -2.38. The Bertz CT molecular complexity index is 729. The molecule has 5 rings (SSSR count). The van der Waals surface area contributed by atoms with E-state index in [0.29, 0.717) is 6.54 Å². The summed E-state index contributed by atoms with van der Waals surface area (Å²) in [7, 11) is 4.01. The highest BCUT2D eigenvalue weighted by molar-refractivity contribution is 5.69. The fraction of sp³-hybridized carbons (Fsp3) is 0.737. The van der Waals surface area contributed by atoms with E-state index in [-0.39, 0.29) is 12.2 Å². The van der Waals surface area contributed by atoms with E-state index < -0.39 is 0 Å². The van der Waals surface area contributed by atoms with E-state index in [1.807, 2.05) is 0 Å². The maximum atomic E-state index is 11.6. The average molecular weight is 372 g/mol. The maximum absolute atomic E-state index is 11.6. The number of likely N-dealkylation sites (N-methyl/N-ethyl adjacent to an activating group) is 1. The second-order valence-corrected chi connectivity index (χ2v) is 8.69. The summed E-state index contributed by atoms with van der Waals surface area (Å²) in [5.41, 5.74) is 2.40. The largest absolute Gasteiger partial charge is 0.443 e. The molecule has 0 aromatic carbocycles. The van der Waals surface area contributed by atoms with E-state index in [1.54, 1.807) is 11.9 Å². The number of anilines is 1. The number of carbonyl (C=O) groups excluding carboxylic acids is 1. The van der Waals surface area contributed by atoms with Gasteiger partial charge in [0.1, 0.15) is 6.10 Å². The second kappa shape index (κ2) is 6.60. The lowest BCUT2D eigenvalue weighted by Gasteiger charge is -2.30. The van der Waals surface area contributed by atoms with Crippen molar-refractivity contribution >= 4 is 11.9 Å². The predicted molar refractivity (Wildman–Crippen MR) is 101 cm³/mol. The van der Waals surface area contributed by atoms with Gasteiger partial charge in [0.05, 0.1) is 12.2 Å². The number of ether oxygens (including phenoxy) is 1. The van der Waals surface area contributed by atoms with Crippen molar-refractivity contribution in [3.63, 3.8) is 0 Å². The van der Waals surface area contributed by atoms with E-state index in [9.17, 15) is 4.79 Å². The van der Waals surface area contributed by atoms with Crippen LogP contribution in [0, 0.1) is 11.8 Å². The van der Waals surface area contributed by atoms with Crippen LogP contribution in [0.1, 0.15) is 11.3 Å². The lowest BCUT2D eigenvalue weighted by atomic mass is 10.0. The fourth-order valence-corrected chi connectivity index (χ4v) is 5.13. The summed E-state index contributed by atoms with van der Waals surface area (Å²) in [6, 6.07) is 2.24. The molecule has 1 aromatic rings. The summed E-state index contributed by atoms with van der Waals surface area (Å²) in [5, 5.41) is 9.08. The molecule has 0 spiro atoms. The van der Waals surface area contributed by atoms with Crippen LogP contribution in [0.5, 0.6) is 0 Å². The smallest absolute Gasteiger partial charge is 0.410 e. The molecule has 0 radical (unpaired) electrons. The van der Waals surface area contributed by atoms with E-state index >= 15 is 0 Å². The van der Waals surface area contributed by atoms with Crippen LogP contribution in [0.3, 0.4) is 0 Å². The summed E-state index contributed by atoms with van der Waals surface area (Å²) in [6.45, 7) is 7.84. The molecule has 1 unspecified atom stereocenters. The zero-order valence-corrected chi connectivity index (χ0v) is 16.2. The van der Waals surface area contributed by atoms with Gasteiger partial charge in [0.2, 0.25) is 0 Å². The lowest BCUT2D eigenvalue weighted by molar-refractivity contribution is 0.102. The van der Waals surface area contributed by atoms with Gasteiger partial charge in [-0.15, -0.1) is 5.10 Å². The molecular formula is C19H28N6O2. The highest BCUT2D eigenvalue weighted by Gasteiger charge is 2.39. The highest BCUT2D eigenvalue weighted by atomic mass is 16.6. The number of rotatable bonds is 3. The molecule has 4 aliphatic rings. The summed E-state index contributed by atoms with van der Waals surface area (Å²) < 4.78 is 5.43. The third kappa shape index (κ3) is 3.25. The Morgan fingerprint density at radius 1 is 1.11 bits per heavy atom. The number of carbonyl (C=O) groups is 1. The van der Waals surface area contributed by atoms with Crippen molar-refractivity contribution in [2.24, 2.45) is 11.8 Å². The summed E-state index contributed by atoms with van der Waals surface area (Å²) in [5.74, 6) is 2.55. The molecule has 146 valence electrons. The van der Waals surface area contributed by atoms with E-state index in [4.69, 9.17) is 4.74 Å². The molecule has 4 aliphatic heterocycles. The minimum Gasteiger partial charge on any atom is -0.443 e. The van der Waals surface area contributed by atoms with Crippen LogP contribution in [0.2, 0.25) is 0 Å². The normalized spacial score (nSPS) is 31.3. The minimum absolute atomic E-state index is 0.0340. The zero-order chi connectivity index (χ0) is 18.5. The van der Waals surface area contributed by atoms with E-state index in [1.165, 1.54) is 18.7 Å². The fourth-order valence-electron chi connectivity index (χ4n) is 5.13. The first-order valence-corrected chi connectivity index (χ1v) is 9.98. The van der Waals surface area contributed by atoms with Crippen molar-refractivity contribution in [2.75, 3.05) is 64.8 Å². The molecule has 0 saturated carbocycles. The Labute approximate surface area is 160 Å². The second-order valence-electron chi connectivity index (χ2n) is 8.69. The van der Waals surface area contributed by atoms with Gasteiger partial charge in [-0.2, -0.15) is 5.10 Å². The SMILES string of the molecule is CN1C[C@@H]2CN(c3cc4c(nn3)CCN(CC3CN(C)C(=O)O3)C4)C[C@@H]2C1. The number of cyclic esters (lactones) is 1. The van der Waals surface area contributed by atoms with Gasteiger partial charge in [0.25, 0.3) is 0 Å². The Morgan fingerprint density at radius 2 is 1.89 bits per heavy atom. The van der Waals surface area contributed by atoms with Crippen molar-refractivity contribution in [2.45, 2.75) is 19.1 Å². The molecule has 8 heteroatoms. The number of nitrogens with zero attached hydrogens (tertiary/aromatic N) is 6. The third-order valence-electron chi connectivity index (χ3n) is 6.52.